The summed E-state index contributed by atoms with van der Waals surface area (Å²) < 4.78 is 5.37. The molecule has 4 rings (SSSR count). The summed E-state index contributed by atoms with van der Waals surface area (Å²) in [7, 11) is 0. The molecule has 1 saturated carbocycles. The SMILES string of the molecule is O=C(NC1CCCC1)C1CCN(c2cnc(N3CCOCC3)nc2)CC1. The molecule has 0 spiro atoms. The number of nitrogens with zero attached hydrogens (tertiary/aromatic N) is 4. The van der Waals surface area contributed by atoms with Crippen molar-refractivity contribution in [1.29, 1.82) is 0 Å². The van der Waals surface area contributed by atoms with Gasteiger partial charge in [0, 0.05) is 38.1 Å². The molecule has 0 aromatic carbocycles. The molecular weight excluding hydrogens is 330 g/mol. The van der Waals surface area contributed by atoms with Crippen LogP contribution in [0, 0.1) is 5.92 Å². The maximum absolute atomic E-state index is 12.4. The van der Waals surface area contributed by atoms with Crippen LogP contribution in [0.4, 0.5) is 11.6 Å². The van der Waals surface area contributed by atoms with Crippen LogP contribution in [0.1, 0.15) is 38.5 Å². The van der Waals surface area contributed by atoms with Crippen molar-refractivity contribution < 1.29 is 9.53 Å². The fourth-order valence-corrected chi connectivity index (χ4v) is 4.19. The third-order valence-corrected chi connectivity index (χ3v) is 5.85. The molecule has 0 radical (unpaired) electrons. The van der Waals surface area contributed by atoms with Gasteiger partial charge < -0.3 is 19.9 Å². The maximum atomic E-state index is 12.4. The van der Waals surface area contributed by atoms with Gasteiger partial charge in [-0.2, -0.15) is 0 Å². The number of ether oxygens (including phenoxy) is 1. The van der Waals surface area contributed by atoms with Gasteiger partial charge in [0.2, 0.25) is 11.9 Å². The zero-order valence-corrected chi connectivity index (χ0v) is 15.4. The second kappa shape index (κ2) is 8.20. The monoisotopic (exact) mass is 359 g/mol. The number of aromatic nitrogens is 2. The molecule has 3 heterocycles. The summed E-state index contributed by atoms with van der Waals surface area (Å²) in [4.78, 5) is 26.0. The Morgan fingerprint density at radius 1 is 0.962 bits per heavy atom. The molecule has 1 aromatic heterocycles. The first-order valence-corrected chi connectivity index (χ1v) is 9.99. The second-order valence-electron chi connectivity index (χ2n) is 7.59. The average molecular weight is 359 g/mol. The fraction of sp³-hybridized carbons (Fsp3) is 0.737. The minimum atomic E-state index is 0.153. The number of morpholine rings is 1. The van der Waals surface area contributed by atoms with E-state index in [1.807, 2.05) is 12.4 Å². The average Bonchev–Trinajstić information content (AvgIpc) is 3.22. The van der Waals surface area contributed by atoms with Gasteiger partial charge in [0.05, 0.1) is 31.3 Å². The van der Waals surface area contributed by atoms with Crippen LogP contribution in [0.15, 0.2) is 12.4 Å². The zero-order valence-electron chi connectivity index (χ0n) is 15.4. The van der Waals surface area contributed by atoms with E-state index in [0.29, 0.717) is 6.04 Å². The van der Waals surface area contributed by atoms with Gasteiger partial charge in [-0.3, -0.25) is 4.79 Å². The Morgan fingerprint density at radius 2 is 1.62 bits per heavy atom. The van der Waals surface area contributed by atoms with Crippen molar-refractivity contribution >= 4 is 17.5 Å². The van der Waals surface area contributed by atoms with E-state index in [-0.39, 0.29) is 11.8 Å². The summed E-state index contributed by atoms with van der Waals surface area (Å²) in [6, 6.07) is 0.418. The normalized spacial score (nSPS) is 22.6. The zero-order chi connectivity index (χ0) is 17.8. The van der Waals surface area contributed by atoms with Crippen LogP contribution >= 0.6 is 0 Å². The number of hydrogen-bond acceptors (Lipinski definition) is 6. The number of piperidine rings is 1. The molecule has 0 atom stereocenters. The van der Waals surface area contributed by atoms with E-state index in [4.69, 9.17) is 4.74 Å². The van der Waals surface area contributed by atoms with Gasteiger partial charge in [-0.25, -0.2) is 9.97 Å². The van der Waals surface area contributed by atoms with Gasteiger partial charge in [0.15, 0.2) is 0 Å². The predicted molar refractivity (Wildman–Crippen MR) is 100 cm³/mol. The lowest BCUT2D eigenvalue weighted by atomic mass is 9.95. The standard InChI is InChI=1S/C19H29N5O2/c25-18(22-16-3-1-2-4-16)15-5-7-23(8-6-15)17-13-20-19(21-14-17)24-9-11-26-12-10-24/h13-16H,1-12H2,(H,22,25). The molecular formula is C19H29N5O2. The highest BCUT2D eigenvalue weighted by atomic mass is 16.5. The maximum Gasteiger partial charge on any atom is 0.225 e. The van der Waals surface area contributed by atoms with Crippen LogP contribution < -0.4 is 15.1 Å². The predicted octanol–water partition coefficient (Wildman–Crippen LogP) is 1.59. The Kier molecular flexibility index (Phi) is 5.53. The first kappa shape index (κ1) is 17.5. The minimum Gasteiger partial charge on any atom is -0.378 e. The lowest BCUT2D eigenvalue weighted by molar-refractivity contribution is -0.126. The highest BCUT2D eigenvalue weighted by Gasteiger charge is 2.27. The molecule has 2 saturated heterocycles. The highest BCUT2D eigenvalue weighted by molar-refractivity contribution is 5.79. The Bertz CT molecular complexity index is 588. The quantitative estimate of drug-likeness (QED) is 0.880. The van der Waals surface area contributed by atoms with Gasteiger partial charge in [-0.1, -0.05) is 12.8 Å². The minimum absolute atomic E-state index is 0.153. The molecule has 0 bridgehead atoms. The Balaban J connectivity index is 1.28. The van der Waals surface area contributed by atoms with Crippen molar-refractivity contribution in [2.75, 3.05) is 49.2 Å². The Labute approximate surface area is 155 Å². The Hall–Kier alpha value is -1.89. The molecule has 1 aliphatic carbocycles. The fourth-order valence-electron chi connectivity index (χ4n) is 4.19. The van der Waals surface area contributed by atoms with Crippen LogP contribution in [0.25, 0.3) is 0 Å². The van der Waals surface area contributed by atoms with E-state index in [0.717, 1.165) is 76.7 Å². The number of carbonyl (C=O) groups excluding carboxylic acids is 1. The number of nitrogens with one attached hydrogen (secondary N) is 1. The van der Waals surface area contributed by atoms with E-state index in [9.17, 15) is 4.79 Å². The molecule has 3 aliphatic rings. The Morgan fingerprint density at radius 3 is 2.27 bits per heavy atom. The molecule has 7 nitrogen and oxygen atoms in total. The third kappa shape index (κ3) is 4.09. The summed E-state index contributed by atoms with van der Waals surface area (Å²) in [6.07, 6.45) is 10.4. The van der Waals surface area contributed by atoms with Crippen LogP contribution in [0.3, 0.4) is 0 Å². The number of carbonyl (C=O) groups is 1. The number of anilines is 2. The van der Waals surface area contributed by atoms with Gasteiger partial charge >= 0.3 is 0 Å². The topological polar surface area (TPSA) is 70.6 Å². The molecule has 1 N–H and O–H groups in total. The lowest BCUT2D eigenvalue weighted by Crippen LogP contribution is -2.43. The first-order chi connectivity index (χ1) is 12.8. The van der Waals surface area contributed by atoms with E-state index in [2.05, 4.69) is 25.1 Å². The van der Waals surface area contributed by atoms with Crippen molar-refractivity contribution in [1.82, 2.24) is 15.3 Å². The summed E-state index contributed by atoms with van der Waals surface area (Å²) in [5.74, 6) is 1.19. The molecule has 0 unspecified atom stereocenters. The largest absolute Gasteiger partial charge is 0.378 e. The summed E-state index contributed by atoms with van der Waals surface area (Å²) >= 11 is 0. The summed E-state index contributed by atoms with van der Waals surface area (Å²) in [5.41, 5.74) is 1.05. The van der Waals surface area contributed by atoms with Crippen LogP contribution in [-0.4, -0.2) is 61.3 Å². The van der Waals surface area contributed by atoms with E-state index in [1.54, 1.807) is 0 Å². The molecule has 1 amide bonds. The van der Waals surface area contributed by atoms with Crippen molar-refractivity contribution in [3.05, 3.63) is 12.4 Å². The molecule has 7 heteroatoms. The van der Waals surface area contributed by atoms with Gasteiger partial charge in [0.25, 0.3) is 0 Å². The van der Waals surface area contributed by atoms with Gasteiger partial charge in [-0.05, 0) is 25.7 Å². The molecule has 3 fully saturated rings. The molecule has 142 valence electrons. The molecule has 1 aromatic rings. The smallest absolute Gasteiger partial charge is 0.225 e. The lowest BCUT2D eigenvalue weighted by Gasteiger charge is -2.33. The number of amides is 1. The molecule has 2 aliphatic heterocycles. The van der Waals surface area contributed by atoms with Crippen molar-refractivity contribution in [2.24, 2.45) is 5.92 Å². The van der Waals surface area contributed by atoms with Gasteiger partial charge in [-0.15, -0.1) is 0 Å². The van der Waals surface area contributed by atoms with E-state index in [1.165, 1.54) is 12.8 Å². The molecule has 26 heavy (non-hydrogen) atoms. The van der Waals surface area contributed by atoms with Crippen molar-refractivity contribution in [3.63, 3.8) is 0 Å². The van der Waals surface area contributed by atoms with E-state index < -0.39 is 0 Å². The third-order valence-electron chi connectivity index (χ3n) is 5.85. The van der Waals surface area contributed by atoms with Crippen LogP contribution in [-0.2, 0) is 9.53 Å². The number of hydrogen-bond donors (Lipinski definition) is 1. The van der Waals surface area contributed by atoms with Crippen molar-refractivity contribution in [3.8, 4) is 0 Å². The second-order valence-corrected chi connectivity index (χ2v) is 7.59. The van der Waals surface area contributed by atoms with Crippen molar-refractivity contribution in [2.45, 2.75) is 44.6 Å². The number of rotatable bonds is 4. The van der Waals surface area contributed by atoms with Crippen LogP contribution in [0.2, 0.25) is 0 Å². The summed E-state index contributed by atoms with van der Waals surface area (Å²) in [5, 5.41) is 3.25. The first-order valence-electron chi connectivity index (χ1n) is 9.99. The van der Waals surface area contributed by atoms with E-state index >= 15 is 0 Å². The summed E-state index contributed by atoms with van der Waals surface area (Å²) in [6.45, 7) is 4.96. The van der Waals surface area contributed by atoms with Crippen LogP contribution in [0.5, 0.6) is 0 Å². The van der Waals surface area contributed by atoms with Gasteiger partial charge in [0.1, 0.15) is 0 Å². The highest BCUT2D eigenvalue weighted by Crippen LogP contribution is 2.25.